The third-order valence-corrected chi connectivity index (χ3v) is 5.10. The Morgan fingerprint density at radius 3 is 2.68 bits per heavy atom. The summed E-state index contributed by atoms with van der Waals surface area (Å²) in [6.45, 7) is 7.02. The first-order valence-corrected chi connectivity index (χ1v) is 10.0. The van der Waals surface area contributed by atoms with Gasteiger partial charge in [-0.05, 0) is 25.5 Å². The Kier molecular flexibility index (Phi) is 10.9. The van der Waals surface area contributed by atoms with Crippen molar-refractivity contribution >= 4 is 24.2 Å². The van der Waals surface area contributed by atoms with Crippen molar-refractivity contribution in [3.05, 3.63) is 29.8 Å². The van der Waals surface area contributed by atoms with Gasteiger partial charge in [-0.25, -0.2) is 0 Å². The molecule has 158 valence electrons. The number of para-hydroxylation sites is 1. The number of benzene rings is 1. The van der Waals surface area contributed by atoms with Crippen molar-refractivity contribution in [2.75, 3.05) is 33.3 Å². The van der Waals surface area contributed by atoms with E-state index in [0.29, 0.717) is 25.9 Å². The van der Waals surface area contributed by atoms with Gasteiger partial charge in [0, 0.05) is 31.6 Å². The predicted octanol–water partition coefficient (Wildman–Crippen LogP) is 2.92. The van der Waals surface area contributed by atoms with E-state index in [9.17, 15) is 9.59 Å². The van der Waals surface area contributed by atoms with Crippen LogP contribution in [0.2, 0.25) is 0 Å². The molecule has 1 aliphatic heterocycles. The molecule has 1 aromatic rings. The molecule has 7 heteroatoms. The molecule has 1 aliphatic rings. The van der Waals surface area contributed by atoms with E-state index in [2.05, 4.69) is 17.6 Å². The van der Waals surface area contributed by atoms with Crippen LogP contribution >= 0.6 is 12.4 Å². The number of likely N-dealkylation sites (tertiary alicyclic amines) is 1. The van der Waals surface area contributed by atoms with E-state index in [1.54, 1.807) is 7.11 Å². The van der Waals surface area contributed by atoms with E-state index >= 15 is 0 Å². The zero-order valence-corrected chi connectivity index (χ0v) is 18.0. The highest BCUT2D eigenvalue weighted by atomic mass is 35.5. The zero-order valence-electron chi connectivity index (χ0n) is 17.2. The summed E-state index contributed by atoms with van der Waals surface area (Å²) >= 11 is 0. The number of unbranched alkanes of at least 4 members (excludes halogenated alkanes) is 1. The molecular weight excluding hydrogens is 378 g/mol. The average molecular weight is 412 g/mol. The van der Waals surface area contributed by atoms with Gasteiger partial charge in [-0.1, -0.05) is 38.5 Å². The van der Waals surface area contributed by atoms with Gasteiger partial charge in [0.15, 0.2) is 0 Å². The van der Waals surface area contributed by atoms with Gasteiger partial charge in [0.25, 0.3) is 0 Å². The molecule has 1 heterocycles. The second-order valence-electron chi connectivity index (χ2n) is 6.92. The van der Waals surface area contributed by atoms with Crippen LogP contribution in [0.15, 0.2) is 24.3 Å². The Morgan fingerprint density at radius 2 is 2.00 bits per heavy atom. The molecule has 0 spiro atoms. The van der Waals surface area contributed by atoms with Gasteiger partial charge < -0.3 is 20.3 Å². The van der Waals surface area contributed by atoms with Crippen molar-refractivity contribution in [3.8, 4) is 5.75 Å². The average Bonchev–Trinajstić information content (AvgIpc) is 2.69. The molecule has 1 aromatic carbocycles. The summed E-state index contributed by atoms with van der Waals surface area (Å²) < 4.78 is 5.55. The minimum atomic E-state index is -0.284. The molecule has 0 saturated carbocycles. The van der Waals surface area contributed by atoms with E-state index in [1.165, 1.54) is 0 Å². The summed E-state index contributed by atoms with van der Waals surface area (Å²) in [5.41, 5.74) is 0.913. The van der Waals surface area contributed by atoms with Crippen LogP contribution in [0.5, 0.6) is 5.75 Å². The molecule has 0 aliphatic carbocycles. The fraction of sp³-hybridized carbons (Fsp3) is 0.619. The summed E-state index contributed by atoms with van der Waals surface area (Å²) in [6.07, 6.45) is 2.91. The predicted molar refractivity (Wildman–Crippen MR) is 114 cm³/mol. The lowest BCUT2D eigenvalue weighted by Gasteiger charge is -2.41. The smallest absolute Gasteiger partial charge is 0.225 e. The minimum Gasteiger partial charge on any atom is -0.496 e. The maximum atomic E-state index is 13.0. The maximum absolute atomic E-state index is 13.0. The molecule has 2 unspecified atom stereocenters. The van der Waals surface area contributed by atoms with Crippen molar-refractivity contribution < 1.29 is 14.3 Å². The van der Waals surface area contributed by atoms with E-state index in [1.807, 2.05) is 36.1 Å². The van der Waals surface area contributed by atoms with Gasteiger partial charge in [0.1, 0.15) is 5.75 Å². The van der Waals surface area contributed by atoms with E-state index < -0.39 is 0 Å². The largest absolute Gasteiger partial charge is 0.496 e. The first-order chi connectivity index (χ1) is 13.1. The third-order valence-electron chi connectivity index (χ3n) is 5.10. The number of halogens is 1. The first-order valence-electron chi connectivity index (χ1n) is 10.0. The number of carbonyl (C=O) groups excluding carboxylic acids is 2. The fourth-order valence-corrected chi connectivity index (χ4v) is 3.70. The summed E-state index contributed by atoms with van der Waals surface area (Å²) in [5, 5.41) is 6.25. The lowest BCUT2D eigenvalue weighted by molar-refractivity contribution is -0.143. The number of nitrogens with one attached hydrogen (secondary N) is 2. The Hall–Kier alpha value is -1.79. The van der Waals surface area contributed by atoms with E-state index in [-0.39, 0.29) is 36.2 Å². The van der Waals surface area contributed by atoms with Gasteiger partial charge in [0.2, 0.25) is 11.8 Å². The number of hydrogen-bond acceptors (Lipinski definition) is 4. The molecular formula is C21H34ClN3O3. The molecule has 0 aromatic heterocycles. The SMILES string of the molecule is CCCCN1C(=O)CCC(C(=O)NCCNCC)C1c1ccccc1OC.Cl. The molecule has 2 rings (SSSR count). The summed E-state index contributed by atoms with van der Waals surface area (Å²) in [7, 11) is 1.63. The number of carbonyl (C=O) groups is 2. The van der Waals surface area contributed by atoms with E-state index in [4.69, 9.17) is 4.74 Å². The molecule has 2 atom stereocenters. The van der Waals surface area contributed by atoms with Crippen LogP contribution < -0.4 is 15.4 Å². The van der Waals surface area contributed by atoms with Crippen LogP contribution in [-0.2, 0) is 9.59 Å². The van der Waals surface area contributed by atoms with Crippen LogP contribution in [0.25, 0.3) is 0 Å². The van der Waals surface area contributed by atoms with Crippen molar-refractivity contribution in [2.45, 2.75) is 45.6 Å². The fourth-order valence-electron chi connectivity index (χ4n) is 3.70. The molecule has 0 bridgehead atoms. The third kappa shape index (κ3) is 6.11. The van der Waals surface area contributed by atoms with Crippen LogP contribution in [0.1, 0.15) is 51.1 Å². The number of rotatable bonds is 10. The number of amides is 2. The van der Waals surface area contributed by atoms with Crippen molar-refractivity contribution in [1.82, 2.24) is 15.5 Å². The molecule has 28 heavy (non-hydrogen) atoms. The maximum Gasteiger partial charge on any atom is 0.225 e. The van der Waals surface area contributed by atoms with Gasteiger partial charge in [0.05, 0.1) is 19.1 Å². The van der Waals surface area contributed by atoms with Crippen molar-refractivity contribution in [1.29, 1.82) is 0 Å². The van der Waals surface area contributed by atoms with Crippen molar-refractivity contribution in [2.24, 2.45) is 5.92 Å². The van der Waals surface area contributed by atoms with Crippen LogP contribution in [0, 0.1) is 5.92 Å². The van der Waals surface area contributed by atoms with Gasteiger partial charge in [-0.15, -0.1) is 12.4 Å². The van der Waals surface area contributed by atoms with Crippen LogP contribution in [-0.4, -0.2) is 50.0 Å². The molecule has 1 saturated heterocycles. The standard InChI is InChI=1S/C21H33N3O3.ClH/c1-4-6-15-24-19(25)12-11-17(21(26)23-14-13-22-5-2)20(24)16-9-7-8-10-18(16)27-3;/h7-10,17,20,22H,4-6,11-15H2,1-3H3,(H,23,26);1H. The molecule has 0 radical (unpaired) electrons. The van der Waals surface area contributed by atoms with Crippen LogP contribution in [0.3, 0.4) is 0 Å². The minimum absolute atomic E-state index is 0. The number of hydrogen-bond donors (Lipinski definition) is 2. The highest BCUT2D eigenvalue weighted by molar-refractivity contribution is 5.85. The molecule has 6 nitrogen and oxygen atoms in total. The number of likely N-dealkylation sites (N-methyl/N-ethyl adjacent to an activating group) is 1. The second kappa shape index (κ2) is 12.6. The Bertz CT molecular complexity index is 627. The molecule has 2 N–H and O–H groups in total. The zero-order chi connectivity index (χ0) is 19.6. The lowest BCUT2D eigenvalue weighted by atomic mass is 9.83. The highest BCUT2D eigenvalue weighted by Crippen LogP contribution is 2.40. The number of piperidine rings is 1. The number of methoxy groups -OCH3 is 1. The van der Waals surface area contributed by atoms with E-state index in [0.717, 1.165) is 37.2 Å². The Morgan fingerprint density at radius 1 is 1.25 bits per heavy atom. The van der Waals surface area contributed by atoms with Gasteiger partial charge in [-0.2, -0.15) is 0 Å². The van der Waals surface area contributed by atoms with Gasteiger partial charge >= 0.3 is 0 Å². The quantitative estimate of drug-likeness (QED) is 0.581. The number of nitrogens with zero attached hydrogens (tertiary/aromatic N) is 1. The summed E-state index contributed by atoms with van der Waals surface area (Å²) in [4.78, 5) is 27.5. The summed E-state index contributed by atoms with van der Waals surface area (Å²) in [6, 6.07) is 7.43. The molecule has 1 fully saturated rings. The Labute approximate surface area is 174 Å². The monoisotopic (exact) mass is 411 g/mol. The lowest BCUT2D eigenvalue weighted by Crippen LogP contribution is -2.49. The number of ether oxygens (including phenoxy) is 1. The highest BCUT2D eigenvalue weighted by Gasteiger charge is 2.41. The van der Waals surface area contributed by atoms with Crippen molar-refractivity contribution in [3.63, 3.8) is 0 Å². The normalized spacial score (nSPS) is 19.1. The Balaban J connectivity index is 0.00000392. The first kappa shape index (κ1) is 24.2. The topological polar surface area (TPSA) is 70.7 Å². The summed E-state index contributed by atoms with van der Waals surface area (Å²) in [5.74, 6) is 0.593. The van der Waals surface area contributed by atoms with Gasteiger partial charge in [-0.3, -0.25) is 9.59 Å². The molecule has 2 amide bonds. The second-order valence-corrected chi connectivity index (χ2v) is 6.92. The van der Waals surface area contributed by atoms with Crippen LogP contribution in [0.4, 0.5) is 0 Å².